The Morgan fingerprint density at radius 3 is 2.46 bits per heavy atom. The monoisotopic (exact) mass is 406 g/mol. The first-order valence-corrected chi connectivity index (χ1v) is 9.92. The third-order valence-corrected chi connectivity index (χ3v) is 5.88. The summed E-state index contributed by atoms with van der Waals surface area (Å²) in [5.74, 6) is -1.35. The van der Waals surface area contributed by atoms with E-state index < -0.39 is 16.0 Å². The van der Waals surface area contributed by atoms with Crippen LogP contribution in [-0.2, 0) is 14.8 Å². The van der Waals surface area contributed by atoms with Gasteiger partial charge in [0, 0.05) is 26.2 Å². The summed E-state index contributed by atoms with van der Waals surface area (Å²) in [6.07, 6.45) is 1.77. The predicted molar refractivity (Wildman–Crippen MR) is 104 cm³/mol. The lowest BCUT2D eigenvalue weighted by atomic mass is 10.1. The molecule has 2 aromatic rings. The number of carbonyl (C=O) groups is 2. The van der Waals surface area contributed by atoms with Crippen molar-refractivity contribution in [2.24, 2.45) is 5.10 Å². The van der Waals surface area contributed by atoms with Gasteiger partial charge in [0.1, 0.15) is 5.69 Å². The third kappa shape index (κ3) is 5.51. The molecular formula is C18H22N4O5S. The van der Waals surface area contributed by atoms with Crippen molar-refractivity contribution < 1.29 is 23.1 Å². The van der Waals surface area contributed by atoms with Crippen LogP contribution in [0.15, 0.2) is 52.6 Å². The van der Waals surface area contributed by atoms with Crippen LogP contribution in [-0.4, -0.2) is 54.0 Å². The zero-order valence-corrected chi connectivity index (χ0v) is 16.4. The zero-order chi connectivity index (χ0) is 20.7. The van der Waals surface area contributed by atoms with Gasteiger partial charge in [0.2, 0.25) is 10.0 Å². The molecule has 0 radical (unpaired) electrons. The minimum atomic E-state index is -3.71. The van der Waals surface area contributed by atoms with Crippen molar-refractivity contribution in [3.8, 4) is 0 Å². The van der Waals surface area contributed by atoms with Crippen LogP contribution in [0.2, 0.25) is 0 Å². The molecule has 9 nitrogen and oxygen atoms in total. The summed E-state index contributed by atoms with van der Waals surface area (Å²) in [5, 5.41) is 12.7. The van der Waals surface area contributed by atoms with Gasteiger partial charge < -0.3 is 10.1 Å². The Labute approximate surface area is 163 Å². The number of hydrogen-bond acceptors (Lipinski definition) is 5. The summed E-state index contributed by atoms with van der Waals surface area (Å²) >= 11 is 0. The van der Waals surface area contributed by atoms with E-state index in [1.54, 1.807) is 37.4 Å². The van der Waals surface area contributed by atoms with E-state index in [1.807, 2.05) is 0 Å². The number of benzene rings is 1. The third-order valence-electron chi connectivity index (χ3n) is 4.01. The topological polar surface area (TPSA) is 132 Å². The maximum atomic E-state index is 12.5. The molecule has 0 aliphatic carbocycles. The second-order valence-corrected chi connectivity index (χ2v) is 8.12. The van der Waals surface area contributed by atoms with Gasteiger partial charge in [-0.25, -0.2) is 18.1 Å². The van der Waals surface area contributed by atoms with Gasteiger partial charge in [-0.05, 0) is 43.2 Å². The van der Waals surface area contributed by atoms with Crippen LogP contribution < -0.4 is 5.43 Å². The van der Waals surface area contributed by atoms with E-state index in [4.69, 9.17) is 5.11 Å². The Bertz CT molecular complexity index is 950. The molecular weight excluding hydrogens is 384 g/mol. The summed E-state index contributed by atoms with van der Waals surface area (Å²) in [5.41, 5.74) is 3.97. The Morgan fingerprint density at radius 1 is 1.21 bits per heavy atom. The number of carboxylic acid groups (broad SMARTS) is 1. The fourth-order valence-corrected chi connectivity index (χ4v) is 3.56. The van der Waals surface area contributed by atoms with Gasteiger partial charge in [-0.2, -0.15) is 5.10 Å². The van der Waals surface area contributed by atoms with Gasteiger partial charge in [0.05, 0.1) is 10.6 Å². The average Bonchev–Trinajstić information content (AvgIpc) is 3.20. The first kappa shape index (κ1) is 21.3. The lowest BCUT2D eigenvalue weighted by molar-refractivity contribution is -0.137. The first-order chi connectivity index (χ1) is 13.2. The number of carbonyl (C=O) groups excluding carboxylic acids is 1. The molecule has 0 bridgehead atoms. The Morgan fingerprint density at radius 2 is 1.89 bits per heavy atom. The van der Waals surface area contributed by atoms with Gasteiger partial charge in [-0.3, -0.25) is 9.59 Å². The maximum Gasteiger partial charge on any atom is 0.303 e. The van der Waals surface area contributed by atoms with E-state index >= 15 is 0 Å². The summed E-state index contributed by atoms with van der Waals surface area (Å²) in [6.45, 7) is 1.80. The molecule has 0 aliphatic rings. The molecule has 10 heteroatoms. The number of hydrogen-bond donors (Lipinski definition) is 3. The van der Waals surface area contributed by atoms with Crippen molar-refractivity contribution in [3.05, 3.63) is 53.9 Å². The number of carboxylic acids is 1. The summed E-state index contributed by atoms with van der Waals surface area (Å²) in [6, 6.07) is 9.40. The SMILES string of the molecule is C/C(=N/NC(=O)c1ccc[nH]1)c1ccc(S(=O)(=O)N(C)CCCC(=O)O)cc1. The molecule has 2 rings (SSSR count). The molecule has 0 unspecified atom stereocenters. The highest BCUT2D eigenvalue weighted by Gasteiger charge is 2.20. The normalized spacial score (nSPS) is 12.2. The molecule has 0 aliphatic heterocycles. The number of aliphatic carboxylic acids is 1. The predicted octanol–water partition coefficient (Wildman–Crippen LogP) is 1.65. The number of H-pyrrole nitrogens is 1. The van der Waals surface area contributed by atoms with E-state index in [2.05, 4.69) is 15.5 Å². The summed E-state index contributed by atoms with van der Waals surface area (Å²) in [4.78, 5) is 25.3. The van der Waals surface area contributed by atoms with Crippen molar-refractivity contribution >= 4 is 27.6 Å². The number of nitrogens with one attached hydrogen (secondary N) is 2. The van der Waals surface area contributed by atoms with Crippen molar-refractivity contribution in [1.82, 2.24) is 14.7 Å². The van der Waals surface area contributed by atoms with Crippen LogP contribution in [0.3, 0.4) is 0 Å². The van der Waals surface area contributed by atoms with Crippen molar-refractivity contribution in [1.29, 1.82) is 0 Å². The van der Waals surface area contributed by atoms with E-state index in [0.29, 0.717) is 17.0 Å². The Hall–Kier alpha value is -2.98. The van der Waals surface area contributed by atoms with Gasteiger partial charge in [-0.1, -0.05) is 12.1 Å². The van der Waals surface area contributed by atoms with Crippen LogP contribution in [0.4, 0.5) is 0 Å². The molecule has 0 fully saturated rings. The van der Waals surface area contributed by atoms with Crippen LogP contribution >= 0.6 is 0 Å². The largest absolute Gasteiger partial charge is 0.481 e. The Balaban J connectivity index is 2.04. The first-order valence-electron chi connectivity index (χ1n) is 8.48. The number of aromatic nitrogens is 1. The van der Waals surface area contributed by atoms with Crippen molar-refractivity contribution in [2.75, 3.05) is 13.6 Å². The lowest BCUT2D eigenvalue weighted by Crippen LogP contribution is -2.28. The molecule has 0 spiro atoms. The van der Waals surface area contributed by atoms with Crippen LogP contribution in [0.1, 0.15) is 35.8 Å². The van der Waals surface area contributed by atoms with Crippen LogP contribution in [0.25, 0.3) is 0 Å². The molecule has 1 heterocycles. The average molecular weight is 406 g/mol. The van der Waals surface area contributed by atoms with E-state index in [9.17, 15) is 18.0 Å². The summed E-state index contributed by atoms with van der Waals surface area (Å²) < 4.78 is 26.2. The number of rotatable bonds is 9. The maximum absolute atomic E-state index is 12.5. The van der Waals surface area contributed by atoms with Gasteiger partial charge in [-0.15, -0.1) is 0 Å². The van der Waals surface area contributed by atoms with E-state index in [-0.39, 0.29) is 30.2 Å². The molecule has 28 heavy (non-hydrogen) atoms. The molecule has 0 saturated heterocycles. The minimum Gasteiger partial charge on any atom is -0.481 e. The van der Waals surface area contributed by atoms with Gasteiger partial charge in [0.25, 0.3) is 5.91 Å². The zero-order valence-electron chi connectivity index (χ0n) is 15.5. The Kier molecular flexibility index (Phi) is 7.07. The van der Waals surface area contributed by atoms with Gasteiger partial charge in [0.15, 0.2) is 0 Å². The quantitative estimate of drug-likeness (QED) is 0.430. The molecule has 0 saturated carbocycles. The highest BCUT2D eigenvalue weighted by molar-refractivity contribution is 7.89. The molecule has 1 aromatic heterocycles. The fraction of sp³-hybridized carbons (Fsp3) is 0.278. The molecule has 150 valence electrons. The minimum absolute atomic E-state index is 0.0946. The van der Waals surface area contributed by atoms with E-state index in [1.165, 1.54) is 19.2 Å². The van der Waals surface area contributed by atoms with Gasteiger partial charge >= 0.3 is 5.97 Å². The number of nitrogens with zero attached hydrogens (tertiary/aromatic N) is 2. The fourth-order valence-electron chi connectivity index (χ4n) is 2.35. The van der Waals surface area contributed by atoms with Crippen molar-refractivity contribution in [2.45, 2.75) is 24.7 Å². The van der Waals surface area contributed by atoms with E-state index in [0.717, 1.165) is 4.31 Å². The summed E-state index contributed by atoms with van der Waals surface area (Å²) in [7, 11) is -2.30. The highest BCUT2D eigenvalue weighted by Crippen LogP contribution is 2.16. The highest BCUT2D eigenvalue weighted by atomic mass is 32.2. The van der Waals surface area contributed by atoms with Crippen LogP contribution in [0.5, 0.6) is 0 Å². The van der Waals surface area contributed by atoms with Crippen LogP contribution in [0, 0.1) is 0 Å². The molecule has 0 atom stereocenters. The number of sulfonamides is 1. The smallest absolute Gasteiger partial charge is 0.303 e. The second-order valence-electron chi connectivity index (χ2n) is 6.07. The number of hydrazone groups is 1. The standard InChI is InChI=1S/C18H22N4O5S/c1-13(20-21-18(25)16-5-3-11-19-16)14-7-9-15(10-8-14)28(26,27)22(2)12-4-6-17(23)24/h3,5,7-11,19H,4,6,12H2,1-2H3,(H,21,25)(H,23,24)/b20-13-. The molecule has 3 N–H and O–H groups in total. The molecule has 1 amide bonds. The number of amides is 1. The number of aromatic amines is 1. The second kappa shape index (κ2) is 9.29. The lowest BCUT2D eigenvalue weighted by Gasteiger charge is -2.17. The van der Waals surface area contributed by atoms with Crippen molar-refractivity contribution in [3.63, 3.8) is 0 Å². The molecule has 1 aromatic carbocycles.